The van der Waals surface area contributed by atoms with Gasteiger partial charge in [-0.1, -0.05) is 37.3 Å². The van der Waals surface area contributed by atoms with Gasteiger partial charge in [-0.2, -0.15) is 5.10 Å². The van der Waals surface area contributed by atoms with Crippen LogP contribution in [0.1, 0.15) is 30.8 Å². The fraction of sp³-hybridized carbons (Fsp3) is 0.438. The van der Waals surface area contributed by atoms with E-state index in [2.05, 4.69) is 34.9 Å². The third kappa shape index (κ3) is 3.49. The van der Waals surface area contributed by atoms with Crippen LogP contribution >= 0.6 is 15.9 Å². The van der Waals surface area contributed by atoms with Gasteiger partial charge < -0.3 is 5.11 Å². The summed E-state index contributed by atoms with van der Waals surface area (Å²) in [4.78, 5) is 0. The summed E-state index contributed by atoms with van der Waals surface area (Å²) in [5.41, 5.74) is 3.32. The monoisotopic (exact) mass is 336 g/mol. The van der Waals surface area contributed by atoms with E-state index in [0.29, 0.717) is 12.8 Å². The van der Waals surface area contributed by atoms with E-state index in [-0.39, 0.29) is 6.10 Å². The van der Waals surface area contributed by atoms with Gasteiger partial charge in [-0.25, -0.2) is 0 Å². The first-order valence-corrected chi connectivity index (χ1v) is 7.91. The molecule has 4 heteroatoms. The zero-order valence-electron chi connectivity index (χ0n) is 12.0. The van der Waals surface area contributed by atoms with Gasteiger partial charge in [0.25, 0.3) is 0 Å². The molecule has 0 spiro atoms. The maximum absolute atomic E-state index is 10.3. The van der Waals surface area contributed by atoms with E-state index in [1.807, 2.05) is 35.0 Å². The van der Waals surface area contributed by atoms with E-state index in [0.717, 1.165) is 34.4 Å². The highest BCUT2D eigenvalue weighted by Crippen LogP contribution is 2.24. The Morgan fingerprint density at radius 2 is 1.90 bits per heavy atom. The first-order chi connectivity index (χ1) is 9.65. The molecule has 0 aliphatic carbocycles. The molecule has 1 N–H and O–H groups in total. The van der Waals surface area contributed by atoms with Gasteiger partial charge in [-0.15, -0.1) is 0 Å². The lowest BCUT2D eigenvalue weighted by molar-refractivity contribution is 0.172. The number of halogens is 1. The second-order valence-electron chi connectivity index (χ2n) is 4.92. The first-order valence-electron chi connectivity index (χ1n) is 7.11. The molecule has 3 nitrogen and oxygen atoms in total. The van der Waals surface area contributed by atoms with Gasteiger partial charge in [0.15, 0.2) is 0 Å². The van der Waals surface area contributed by atoms with Crippen molar-refractivity contribution < 1.29 is 5.11 Å². The molecule has 0 fully saturated rings. The van der Waals surface area contributed by atoms with Crippen LogP contribution in [-0.2, 0) is 25.8 Å². The Morgan fingerprint density at radius 3 is 2.50 bits per heavy atom. The molecular formula is C16H21BrN2O. The summed E-state index contributed by atoms with van der Waals surface area (Å²) in [7, 11) is 0. The second kappa shape index (κ2) is 7.04. The summed E-state index contributed by atoms with van der Waals surface area (Å²) in [6.07, 6.45) is 1.80. The number of aromatic nitrogens is 2. The second-order valence-corrected chi connectivity index (χ2v) is 5.72. The molecule has 2 rings (SSSR count). The lowest BCUT2D eigenvalue weighted by atomic mass is 10.0. The first kappa shape index (κ1) is 15.3. The molecule has 0 saturated heterocycles. The predicted octanol–water partition coefficient (Wildman–Crippen LogP) is 3.37. The predicted molar refractivity (Wildman–Crippen MR) is 84.8 cm³/mol. The zero-order chi connectivity index (χ0) is 14.5. The molecule has 0 saturated carbocycles. The van der Waals surface area contributed by atoms with Crippen molar-refractivity contribution in [2.45, 2.75) is 45.8 Å². The van der Waals surface area contributed by atoms with E-state index in [9.17, 15) is 5.11 Å². The van der Waals surface area contributed by atoms with E-state index in [1.165, 1.54) is 0 Å². The Labute approximate surface area is 128 Å². The summed E-state index contributed by atoms with van der Waals surface area (Å²) >= 11 is 3.62. The largest absolute Gasteiger partial charge is 0.392 e. The summed E-state index contributed by atoms with van der Waals surface area (Å²) in [5, 5.41) is 14.9. The normalized spacial score (nSPS) is 12.6. The molecule has 1 unspecified atom stereocenters. The van der Waals surface area contributed by atoms with E-state index >= 15 is 0 Å². The summed E-state index contributed by atoms with van der Waals surface area (Å²) in [5.74, 6) is 0. The number of benzene rings is 1. The number of rotatable bonds is 6. The van der Waals surface area contributed by atoms with Crippen molar-refractivity contribution in [3.63, 3.8) is 0 Å². The van der Waals surface area contributed by atoms with Crippen molar-refractivity contribution >= 4 is 15.9 Å². The van der Waals surface area contributed by atoms with Crippen LogP contribution < -0.4 is 0 Å². The highest BCUT2D eigenvalue weighted by atomic mass is 79.9. The van der Waals surface area contributed by atoms with Gasteiger partial charge in [0.2, 0.25) is 0 Å². The van der Waals surface area contributed by atoms with Crippen LogP contribution in [-0.4, -0.2) is 21.0 Å². The lowest BCUT2D eigenvalue weighted by Gasteiger charge is -2.12. The van der Waals surface area contributed by atoms with E-state index < -0.39 is 0 Å². The van der Waals surface area contributed by atoms with Crippen molar-refractivity contribution in [1.82, 2.24) is 9.78 Å². The Hall–Kier alpha value is -1.13. The Kier molecular flexibility index (Phi) is 5.38. The molecule has 1 atom stereocenters. The van der Waals surface area contributed by atoms with Crippen molar-refractivity contribution in [2.24, 2.45) is 0 Å². The summed E-state index contributed by atoms with van der Waals surface area (Å²) in [6, 6.07) is 10.1. The van der Waals surface area contributed by atoms with Crippen molar-refractivity contribution in [3.8, 4) is 0 Å². The molecule has 2 aromatic rings. The number of hydrogen-bond donors (Lipinski definition) is 1. The quantitative estimate of drug-likeness (QED) is 0.878. The minimum Gasteiger partial charge on any atom is -0.392 e. The van der Waals surface area contributed by atoms with Crippen molar-refractivity contribution in [3.05, 3.63) is 51.8 Å². The maximum Gasteiger partial charge on any atom is 0.0766 e. The Balaban J connectivity index is 2.11. The summed E-state index contributed by atoms with van der Waals surface area (Å²) < 4.78 is 3.03. The van der Waals surface area contributed by atoms with Crippen LogP contribution in [0.4, 0.5) is 0 Å². The van der Waals surface area contributed by atoms with Gasteiger partial charge in [0, 0.05) is 13.0 Å². The van der Waals surface area contributed by atoms with Crippen LogP contribution in [0, 0.1) is 0 Å². The van der Waals surface area contributed by atoms with Gasteiger partial charge in [-0.3, -0.25) is 4.68 Å². The third-order valence-electron chi connectivity index (χ3n) is 3.44. The van der Waals surface area contributed by atoms with Crippen LogP contribution in [0.5, 0.6) is 0 Å². The topological polar surface area (TPSA) is 38.0 Å². The molecule has 0 radical (unpaired) electrons. The fourth-order valence-electron chi connectivity index (χ4n) is 2.39. The zero-order valence-corrected chi connectivity index (χ0v) is 13.6. The Morgan fingerprint density at radius 1 is 1.20 bits per heavy atom. The number of aliphatic hydroxyl groups excluding tert-OH is 1. The minimum atomic E-state index is -0.389. The standard InChI is InChI=1S/C16H21BrN2O/c1-3-14-16(17)15(19(4-2)18-14)11-13(20)10-12-8-6-5-7-9-12/h5-9,13,20H,3-4,10-11H2,1-2H3. The minimum absolute atomic E-state index is 0.389. The van der Waals surface area contributed by atoms with Crippen molar-refractivity contribution in [2.75, 3.05) is 0 Å². The molecule has 1 heterocycles. The van der Waals surface area contributed by atoms with E-state index in [4.69, 9.17) is 0 Å². The third-order valence-corrected chi connectivity index (χ3v) is 4.35. The molecule has 0 bridgehead atoms. The SMILES string of the molecule is CCc1nn(CC)c(CC(O)Cc2ccccc2)c1Br. The lowest BCUT2D eigenvalue weighted by Crippen LogP contribution is -2.17. The molecular weight excluding hydrogens is 316 g/mol. The van der Waals surface area contributed by atoms with Crippen LogP contribution in [0.3, 0.4) is 0 Å². The smallest absolute Gasteiger partial charge is 0.0766 e. The van der Waals surface area contributed by atoms with Crippen LogP contribution in [0.2, 0.25) is 0 Å². The Bertz CT molecular complexity index is 551. The van der Waals surface area contributed by atoms with Gasteiger partial charge >= 0.3 is 0 Å². The number of hydrogen-bond acceptors (Lipinski definition) is 2. The number of nitrogens with zero attached hydrogens (tertiary/aromatic N) is 2. The van der Waals surface area contributed by atoms with Gasteiger partial charge in [-0.05, 0) is 41.3 Å². The van der Waals surface area contributed by atoms with Crippen molar-refractivity contribution in [1.29, 1.82) is 0 Å². The highest BCUT2D eigenvalue weighted by molar-refractivity contribution is 9.10. The molecule has 108 valence electrons. The number of aryl methyl sites for hydroxylation is 2. The van der Waals surface area contributed by atoms with E-state index in [1.54, 1.807) is 0 Å². The average molecular weight is 337 g/mol. The van der Waals surface area contributed by atoms with Crippen LogP contribution in [0.15, 0.2) is 34.8 Å². The fourth-order valence-corrected chi connectivity index (χ4v) is 3.12. The van der Waals surface area contributed by atoms with Crippen LogP contribution in [0.25, 0.3) is 0 Å². The highest BCUT2D eigenvalue weighted by Gasteiger charge is 2.17. The van der Waals surface area contributed by atoms with Gasteiger partial charge in [0.1, 0.15) is 0 Å². The molecule has 0 aliphatic rings. The average Bonchev–Trinajstić information content (AvgIpc) is 2.76. The molecule has 1 aromatic carbocycles. The molecule has 0 aliphatic heterocycles. The number of aliphatic hydroxyl groups is 1. The maximum atomic E-state index is 10.3. The molecule has 20 heavy (non-hydrogen) atoms. The van der Waals surface area contributed by atoms with Gasteiger partial charge in [0.05, 0.1) is 22.0 Å². The summed E-state index contributed by atoms with van der Waals surface area (Å²) in [6.45, 7) is 5.00. The molecule has 1 aromatic heterocycles. The molecule has 0 amide bonds.